The van der Waals surface area contributed by atoms with Crippen LogP contribution in [0.3, 0.4) is 0 Å². The van der Waals surface area contributed by atoms with E-state index in [4.69, 9.17) is 5.73 Å². The van der Waals surface area contributed by atoms with E-state index in [0.29, 0.717) is 6.42 Å². The molecule has 2 amide bonds. The normalized spacial score (nSPS) is 21.7. The maximum Gasteiger partial charge on any atom is 0.407 e. The van der Waals surface area contributed by atoms with E-state index in [2.05, 4.69) is 16.5 Å². The fourth-order valence-electron chi connectivity index (χ4n) is 4.13. The number of aromatic nitrogens is 2. The highest BCUT2D eigenvalue weighted by molar-refractivity contribution is 5.98. The summed E-state index contributed by atoms with van der Waals surface area (Å²) in [5.74, 6) is -0.855. The van der Waals surface area contributed by atoms with Gasteiger partial charge in [-0.2, -0.15) is 10.4 Å². The summed E-state index contributed by atoms with van der Waals surface area (Å²) in [7, 11) is 0. The van der Waals surface area contributed by atoms with Gasteiger partial charge in [-0.1, -0.05) is 39.0 Å². The molecule has 9 heteroatoms. The van der Waals surface area contributed by atoms with E-state index in [-0.39, 0.29) is 17.9 Å². The van der Waals surface area contributed by atoms with Gasteiger partial charge in [0.25, 0.3) is 5.91 Å². The van der Waals surface area contributed by atoms with E-state index in [0.717, 1.165) is 5.69 Å². The first kappa shape index (κ1) is 21.2. The molecular formula is C21H26N6O3. The lowest BCUT2D eigenvalue weighted by Crippen LogP contribution is -2.57. The molecule has 1 fully saturated rings. The average molecular weight is 410 g/mol. The minimum absolute atomic E-state index is 0.177. The maximum absolute atomic E-state index is 12.1. The van der Waals surface area contributed by atoms with Crippen LogP contribution in [0.2, 0.25) is 0 Å². The van der Waals surface area contributed by atoms with Crippen molar-refractivity contribution in [3.8, 4) is 6.07 Å². The number of carbonyl (C=O) groups is 2. The van der Waals surface area contributed by atoms with Crippen LogP contribution >= 0.6 is 0 Å². The molecule has 4 N–H and O–H groups in total. The second-order valence-electron chi connectivity index (χ2n) is 8.53. The highest BCUT2D eigenvalue weighted by Crippen LogP contribution is 2.42. The molecule has 0 bridgehead atoms. The monoisotopic (exact) mass is 410 g/mol. The van der Waals surface area contributed by atoms with Gasteiger partial charge in [0.1, 0.15) is 5.56 Å². The van der Waals surface area contributed by atoms with E-state index in [1.54, 1.807) is 0 Å². The molecule has 1 saturated heterocycles. The van der Waals surface area contributed by atoms with Crippen LogP contribution in [0.1, 0.15) is 43.6 Å². The third-order valence-corrected chi connectivity index (χ3v) is 5.39. The molecule has 0 radical (unpaired) electrons. The van der Waals surface area contributed by atoms with E-state index >= 15 is 0 Å². The zero-order valence-electron chi connectivity index (χ0n) is 17.2. The van der Waals surface area contributed by atoms with Gasteiger partial charge in [-0.3, -0.25) is 9.48 Å². The number of hydrogen-bond acceptors (Lipinski definition) is 5. The Balaban J connectivity index is 2.10. The van der Waals surface area contributed by atoms with Gasteiger partial charge >= 0.3 is 6.09 Å². The second kappa shape index (κ2) is 8.06. The van der Waals surface area contributed by atoms with Crippen molar-refractivity contribution in [2.75, 3.05) is 11.9 Å². The van der Waals surface area contributed by atoms with E-state index in [9.17, 15) is 20.0 Å². The summed E-state index contributed by atoms with van der Waals surface area (Å²) in [5.41, 5.74) is 6.01. The van der Waals surface area contributed by atoms with Crippen LogP contribution < -0.4 is 11.1 Å². The Kier molecular flexibility index (Phi) is 5.69. The number of nitrogens with two attached hydrogens (primary N) is 1. The summed E-state index contributed by atoms with van der Waals surface area (Å²) in [6.07, 6.45) is 0.848. The molecule has 2 aromatic rings. The third-order valence-electron chi connectivity index (χ3n) is 5.39. The van der Waals surface area contributed by atoms with Crippen molar-refractivity contribution in [1.82, 2.24) is 14.7 Å². The number of rotatable bonds is 4. The summed E-state index contributed by atoms with van der Waals surface area (Å²) < 4.78 is 1.53. The molecule has 0 aliphatic carbocycles. The van der Waals surface area contributed by atoms with Crippen LogP contribution in [0, 0.1) is 22.7 Å². The predicted octanol–water partition coefficient (Wildman–Crippen LogP) is 3.20. The van der Waals surface area contributed by atoms with E-state index in [1.165, 1.54) is 15.8 Å². The van der Waals surface area contributed by atoms with Crippen LogP contribution in [0.4, 0.5) is 16.3 Å². The van der Waals surface area contributed by atoms with Gasteiger partial charge in [-0.25, -0.2) is 4.79 Å². The highest BCUT2D eigenvalue weighted by Gasteiger charge is 2.48. The number of benzene rings is 1. The zero-order valence-corrected chi connectivity index (χ0v) is 17.2. The maximum atomic E-state index is 12.1. The quantitative estimate of drug-likeness (QED) is 0.708. The molecule has 1 aromatic heterocycles. The summed E-state index contributed by atoms with van der Waals surface area (Å²) in [5, 5.41) is 27.2. The van der Waals surface area contributed by atoms with Crippen molar-refractivity contribution in [1.29, 1.82) is 5.26 Å². The number of amides is 2. The van der Waals surface area contributed by atoms with Crippen LogP contribution in [-0.4, -0.2) is 44.4 Å². The number of primary amides is 1. The number of carboxylic acid groups (broad SMARTS) is 1. The highest BCUT2D eigenvalue weighted by atomic mass is 16.4. The Hall–Kier alpha value is -3.54. The largest absolute Gasteiger partial charge is 0.465 e. The number of piperidine rings is 1. The molecule has 1 aliphatic rings. The molecule has 0 saturated carbocycles. The van der Waals surface area contributed by atoms with Crippen molar-refractivity contribution in [3.05, 3.63) is 42.1 Å². The van der Waals surface area contributed by atoms with Crippen molar-refractivity contribution < 1.29 is 14.7 Å². The predicted molar refractivity (Wildman–Crippen MR) is 111 cm³/mol. The van der Waals surface area contributed by atoms with Crippen LogP contribution in [0.15, 0.2) is 36.5 Å². The van der Waals surface area contributed by atoms with Crippen LogP contribution in [0.25, 0.3) is 0 Å². The molecule has 3 atom stereocenters. The number of hydrogen-bond donors (Lipinski definition) is 3. The van der Waals surface area contributed by atoms with Gasteiger partial charge in [0, 0.05) is 18.4 Å². The molecule has 158 valence electrons. The number of carbonyl (C=O) groups excluding carboxylic acids is 1. The first-order chi connectivity index (χ1) is 14.1. The fraction of sp³-hybridized carbons (Fsp3) is 0.429. The Morgan fingerprint density at radius 1 is 1.30 bits per heavy atom. The Morgan fingerprint density at radius 2 is 1.97 bits per heavy atom. The van der Waals surface area contributed by atoms with Gasteiger partial charge in [0.15, 0.2) is 5.82 Å². The van der Waals surface area contributed by atoms with Gasteiger partial charge in [-0.15, -0.1) is 0 Å². The smallest absolute Gasteiger partial charge is 0.407 e. The van der Waals surface area contributed by atoms with Crippen molar-refractivity contribution in [3.63, 3.8) is 0 Å². The lowest BCUT2D eigenvalue weighted by molar-refractivity contribution is 0.00841. The average Bonchev–Trinajstić information content (AvgIpc) is 3.10. The standard InChI is InChI=1S/C21H26N6O3/c1-21(2,3)17-16(13(11-22)9-10-26(17)20(29)30)27-12-15(18(23)28)19(25-27)24-14-7-5-4-6-8-14/h4-8,12-13,16-17H,9-10H2,1-3H3,(H2,23,28)(H,24,25)(H,29,30)/t13-,16-,17?/m1/s1. The summed E-state index contributed by atoms with van der Waals surface area (Å²) in [6, 6.07) is 10.4. The van der Waals surface area contributed by atoms with Gasteiger partial charge in [0.2, 0.25) is 0 Å². The minimum Gasteiger partial charge on any atom is -0.465 e. The molecule has 2 heterocycles. The van der Waals surface area contributed by atoms with Crippen LogP contribution in [0.5, 0.6) is 0 Å². The SMILES string of the molecule is CC(C)(C)C1[C@H](n2cc(C(N)=O)c(Nc3ccccc3)n2)[C@@H](C#N)CCN1C(=O)O. The molecule has 3 rings (SSSR count). The number of nitrogens with one attached hydrogen (secondary N) is 1. The molecule has 1 unspecified atom stereocenters. The molecule has 30 heavy (non-hydrogen) atoms. The van der Waals surface area contributed by atoms with E-state index in [1.807, 2.05) is 51.1 Å². The Morgan fingerprint density at radius 3 is 2.50 bits per heavy atom. The number of likely N-dealkylation sites (tertiary alicyclic amines) is 1. The number of para-hydroxylation sites is 1. The molecule has 1 aromatic carbocycles. The van der Waals surface area contributed by atoms with Crippen molar-refractivity contribution >= 4 is 23.5 Å². The summed E-state index contributed by atoms with van der Waals surface area (Å²) >= 11 is 0. The first-order valence-electron chi connectivity index (χ1n) is 9.73. The second-order valence-corrected chi connectivity index (χ2v) is 8.53. The topological polar surface area (TPSA) is 137 Å². The summed E-state index contributed by atoms with van der Waals surface area (Å²) in [4.78, 5) is 25.4. The molecular weight excluding hydrogens is 384 g/mol. The molecule has 0 spiro atoms. The van der Waals surface area contributed by atoms with Crippen molar-refractivity contribution in [2.24, 2.45) is 17.1 Å². The lowest BCUT2D eigenvalue weighted by atomic mass is 9.74. The summed E-state index contributed by atoms with van der Waals surface area (Å²) in [6.45, 7) is 6.07. The first-order valence-corrected chi connectivity index (χ1v) is 9.73. The molecule has 9 nitrogen and oxygen atoms in total. The van der Waals surface area contributed by atoms with Crippen LogP contribution in [-0.2, 0) is 0 Å². The lowest BCUT2D eigenvalue weighted by Gasteiger charge is -2.48. The number of anilines is 2. The van der Waals surface area contributed by atoms with Gasteiger partial charge in [0.05, 0.1) is 24.1 Å². The van der Waals surface area contributed by atoms with Gasteiger partial charge < -0.3 is 21.1 Å². The molecule has 1 aliphatic heterocycles. The third kappa shape index (κ3) is 4.08. The Labute approximate surface area is 175 Å². The Bertz CT molecular complexity index is 973. The van der Waals surface area contributed by atoms with E-state index < -0.39 is 35.4 Å². The van der Waals surface area contributed by atoms with Gasteiger partial charge in [-0.05, 0) is 24.0 Å². The number of nitrogens with zero attached hydrogens (tertiary/aromatic N) is 4. The zero-order chi connectivity index (χ0) is 22.1. The van der Waals surface area contributed by atoms with Crippen molar-refractivity contribution in [2.45, 2.75) is 39.3 Å². The number of nitriles is 1. The minimum atomic E-state index is -1.04. The fourth-order valence-corrected chi connectivity index (χ4v) is 4.13.